The van der Waals surface area contributed by atoms with Crippen molar-refractivity contribution < 1.29 is 73.2 Å². The summed E-state index contributed by atoms with van der Waals surface area (Å²) < 4.78 is 0. The molecule has 0 aliphatic carbocycles. The lowest BCUT2D eigenvalue weighted by molar-refractivity contribution is -0.144. The van der Waals surface area contributed by atoms with Gasteiger partial charge in [0.2, 0.25) is 53.2 Å². The lowest BCUT2D eigenvalue weighted by Crippen LogP contribution is -2.60. The van der Waals surface area contributed by atoms with E-state index in [9.17, 15) is 68.1 Å². The molecular formula is C47H76N16O15. The van der Waals surface area contributed by atoms with Gasteiger partial charge in [-0.1, -0.05) is 26.0 Å². The van der Waals surface area contributed by atoms with Crippen molar-refractivity contribution in [3.63, 3.8) is 0 Å². The number of carbonyl (C=O) groups is 11. The van der Waals surface area contributed by atoms with Crippen molar-refractivity contribution in [2.45, 2.75) is 146 Å². The Kier molecular flexibility index (Phi) is 27.8. The number of hydrogen-bond acceptors (Lipinski definition) is 16. The second-order valence-electron chi connectivity index (χ2n) is 18.8. The molecule has 1 aromatic rings. The van der Waals surface area contributed by atoms with E-state index in [1.165, 1.54) is 29.2 Å². The summed E-state index contributed by atoms with van der Waals surface area (Å²) in [6.45, 7) is 3.60. The fraction of sp³-hybridized carbons (Fsp3) is 0.596. The van der Waals surface area contributed by atoms with Crippen molar-refractivity contribution in [1.82, 2.24) is 42.1 Å². The van der Waals surface area contributed by atoms with Crippen LogP contribution in [-0.2, 0) is 59.2 Å². The average Bonchev–Trinajstić information content (AvgIpc) is 3.87. The van der Waals surface area contributed by atoms with E-state index in [4.69, 9.17) is 39.5 Å². The molecule has 2 rings (SSSR count). The summed E-state index contributed by atoms with van der Waals surface area (Å²) >= 11 is 0. The quantitative estimate of drug-likeness (QED) is 0.0173. The van der Waals surface area contributed by atoms with Crippen molar-refractivity contribution in [1.29, 1.82) is 0 Å². The van der Waals surface area contributed by atoms with E-state index in [-0.39, 0.29) is 101 Å². The maximum Gasteiger partial charge on any atom is 0.326 e. The number of carbonyl (C=O) groups excluding carboxylic acids is 9. The number of aliphatic imine (C=N–C) groups is 2. The predicted molar refractivity (Wildman–Crippen MR) is 278 cm³/mol. The Bertz CT molecular complexity index is 2330. The Balaban J connectivity index is 2.40. The average molecular weight is 1110 g/mol. The number of aliphatic carboxylic acids is 2. The van der Waals surface area contributed by atoms with Crippen molar-refractivity contribution >= 4 is 77.0 Å². The van der Waals surface area contributed by atoms with Gasteiger partial charge in [-0.3, -0.25) is 57.9 Å². The van der Waals surface area contributed by atoms with Gasteiger partial charge in [-0.15, -0.1) is 0 Å². The molecule has 1 saturated heterocycles. The number of nitrogens with one attached hydrogen (secondary N) is 7. The number of nitrogens with zero attached hydrogens (tertiary/aromatic N) is 3. The molecular weight excluding hydrogens is 1030 g/mol. The zero-order valence-corrected chi connectivity index (χ0v) is 43.8. The molecule has 1 aromatic carbocycles. The molecule has 0 spiro atoms. The standard InChI is InChI=1S/C47H76N16O15/c1-23(2)36(49)42(74)58-28(14-16-33(48)66)39(71)62-37(24(3)64)43(75)56-22-34(67)57-27(7-4-18-54-46(50)51)38(70)59-29(8-5-19-55-47(52)53)44(76)63-20-6-9-32(63)41(73)61-31(21-25-10-12-26(65)13-11-25)40(72)60-30(45(77)78)15-17-35(68)69/h10-13,23-24,27-32,36-37,64-65H,4-9,14-22,49H2,1-3H3,(H2,48,66)(H,56,75)(H,57,67)(H,58,74)(H,59,70)(H,60,72)(H,61,73)(H,62,71)(H,68,69)(H,77,78)(H4,50,51,54)(H4,52,53,55)/t24-,27+,28+,29+,30+,31+,32+,36+,37+/m1/s1. The Morgan fingerprint density at radius 2 is 1.18 bits per heavy atom. The van der Waals surface area contributed by atoms with Crippen LogP contribution in [0.1, 0.15) is 90.5 Å². The number of amides is 9. The molecule has 9 amide bonds. The van der Waals surface area contributed by atoms with E-state index < -0.39 is 139 Å². The lowest BCUT2D eigenvalue weighted by Gasteiger charge is -2.31. The topological polar surface area (TPSA) is 537 Å². The minimum absolute atomic E-state index is 0.00893. The van der Waals surface area contributed by atoms with Crippen molar-refractivity contribution in [2.75, 3.05) is 26.2 Å². The molecule has 1 aliphatic rings. The molecule has 31 heteroatoms. The van der Waals surface area contributed by atoms with Crippen LogP contribution in [0.3, 0.4) is 0 Å². The summed E-state index contributed by atoms with van der Waals surface area (Å²) in [4.78, 5) is 153. The van der Waals surface area contributed by atoms with Crippen molar-refractivity contribution in [3.8, 4) is 5.75 Å². The second-order valence-corrected chi connectivity index (χ2v) is 18.8. The summed E-state index contributed by atoms with van der Waals surface area (Å²) in [7, 11) is 0. The third-order valence-corrected chi connectivity index (χ3v) is 12.1. The largest absolute Gasteiger partial charge is 0.508 e. The second kappa shape index (κ2) is 32.9. The molecule has 0 bridgehead atoms. The van der Waals surface area contributed by atoms with Gasteiger partial charge < -0.3 is 96.9 Å². The van der Waals surface area contributed by atoms with E-state index in [0.717, 1.165) is 6.92 Å². The van der Waals surface area contributed by atoms with E-state index in [0.29, 0.717) is 5.56 Å². The normalized spacial score (nSPS) is 16.0. The maximum absolute atomic E-state index is 14.5. The van der Waals surface area contributed by atoms with Crippen LogP contribution in [-0.4, -0.2) is 183 Å². The van der Waals surface area contributed by atoms with Crippen LogP contribution in [0.5, 0.6) is 5.75 Å². The number of aliphatic hydroxyl groups is 1. The number of hydrogen-bond donors (Lipinski definition) is 17. The minimum Gasteiger partial charge on any atom is -0.508 e. The maximum atomic E-state index is 14.5. The van der Waals surface area contributed by atoms with E-state index in [1.54, 1.807) is 13.8 Å². The number of aliphatic hydroxyl groups excluding tert-OH is 1. The van der Waals surface area contributed by atoms with Gasteiger partial charge in [-0.05, 0) is 81.9 Å². The Hall–Kier alpha value is -8.35. The van der Waals surface area contributed by atoms with Crippen LogP contribution in [0, 0.1) is 5.92 Å². The highest BCUT2D eigenvalue weighted by molar-refractivity contribution is 5.98. The van der Waals surface area contributed by atoms with Crippen LogP contribution in [0.25, 0.3) is 0 Å². The minimum atomic E-state index is -1.72. The monoisotopic (exact) mass is 1100 g/mol. The zero-order valence-electron chi connectivity index (χ0n) is 43.8. The molecule has 23 N–H and O–H groups in total. The third-order valence-electron chi connectivity index (χ3n) is 12.1. The first kappa shape index (κ1) is 65.8. The summed E-state index contributed by atoms with van der Waals surface area (Å²) in [5, 5.41) is 56.1. The van der Waals surface area contributed by atoms with Gasteiger partial charge in [-0.25, -0.2) is 4.79 Å². The summed E-state index contributed by atoms with van der Waals surface area (Å²) in [5.74, 6) is -11.9. The van der Waals surface area contributed by atoms with Gasteiger partial charge in [0.05, 0.1) is 18.7 Å². The summed E-state index contributed by atoms with van der Waals surface area (Å²) in [5.41, 5.74) is 33.5. The number of likely N-dealkylation sites (tertiary alicyclic amines) is 1. The van der Waals surface area contributed by atoms with Crippen LogP contribution in [0.4, 0.5) is 0 Å². The number of carboxylic acids is 2. The number of aromatic hydroxyl groups is 1. The molecule has 78 heavy (non-hydrogen) atoms. The number of guanidine groups is 2. The summed E-state index contributed by atoms with van der Waals surface area (Å²) in [6, 6.07) is -5.89. The predicted octanol–water partition coefficient (Wildman–Crippen LogP) is -6.36. The molecule has 1 fully saturated rings. The number of primary amides is 1. The molecule has 1 aliphatic heterocycles. The molecule has 31 nitrogen and oxygen atoms in total. The Labute approximate surface area is 449 Å². The van der Waals surface area contributed by atoms with Crippen LogP contribution < -0.4 is 71.6 Å². The van der Waals surface area contributed by atoms with E-state index in [2.05, 4.69) is 47.2 Å². The summed E-state index contributed by atoms with van der Waals surface area (Å²) in [6.07, 6.45) is -3.30. The fourth-order valence-corrected chi connectivity index (χ4v) is 7.76. The number of rotatable bonds is 34. The molecule has 434 valence electrons. The third kappa shape index (κ3) is 23.7. The van der Waals surface area contributed by atoms with Gasteiger partial charge in [0.15, 0.2) is 11.9 Å². The first-order valence-corrected chi connectivity index (χ1v) is 25.1. The number of carboxylic acid groups (broad SMARTS) is 2. The molecule has 0 radical (unpaired) electrons. The van der Waals surface area contributed by atoms with Gasteiger partial charge in [0, 0.05) is 38.9 Å². The van der Waals surface area contributed by atoms with Crippen molar-refractivity contribution in [2.24, 2.45) is 50.3 Å². The number of phenolic OH excluding ortho intramolecular Hbond substituents is 1. The van der Waals surface area contributed by atoms with Gasteiger partial charge in [-0.2, -0.15) is 0 Å². The van der Waals surface area contributed by atoms with Gasteiger partial charge >= 0.3 is 11.9 Å². The highest BCUT2D eigenvalue weighted by atomic mass is 16.4. The van der Waals surface area contributed by atoms with Gasteiger partial charge in [0.25, 0.3) is 0 Å². The van der Waals surface area contributed by atoms with Crippen molar-refractivity contribution in [3.05, 3.63) is 29.8 Å². The highest BCUT2D eigenvalue weighted by Gasteiger charge is 2.40. The van der Waals surface area contributed by atoms with Crippen LogP contribution in [0.2, 0.25) is 0 Å². The Morgan fingerprint density at radius 3 is 1.72 bits per heavy atom. The number of phenols is 1. The molecule has 0 saturated carbocycles. The highest BCUT2D eigenvalue weighted by Crippen LogP contribution is 2.21. The molecule has 9 atom stereocenters. The van der Waals surface area contributed by atoms with E-state index >= 15 is 0 Å². The van der Waals surface area contributed by atoms with Gasteiger partial charge in [0.1, 0.15) is 48.0 Å². The van der Waals surface area contributed by atoms with Crippen LogP contribution in [0.15, 0.2) is 34.3 Å². The van der Waals surface area contributed by atoms with E-state index in [1.807, 2.05) is 0 Å². The SMILES string of the molecule is CC(C)[C@H](N)C(=O)N[C@@H](CCC(N)=O)C(=O)N[C@H](C(=O)NCC(=O)N[C@@H](CCCN=C(N)N)C(=O)N[C@@H](CCCN=C(N)N)C(=O)N1CCC[C@H]1C(=O)N[C@@H](Cc1ccc(O)cc1)C(=O)N[C@@H](CCC(=O)O)C(=O)O)[C@@H](C)O. The molecule has 0 unspecified atom stereocenters. The fourth-order valence-electron chi connectivity index (χ4n) is 7.76. The smallest absolute Gasteiger partial charge is 0.326 e. The first-order chi connectivity index (χ1) is 36.6. The van der Waals surface area contributed by atoms with Crippen LogP contribution >= 0.6 is 0 Å². The molecule has 1 heterocycles. The number of benzene rings is 1. The number of nitrogens with two attached hydrogens (primary N) is 6. The lowest BCUT2D eigenvalue weighted by atomic mass is 10.0. The Morgan fingerprint density at radius 1 is 0.654 bits per heavy atom. The zero-order chi connectivity index (χ0) is 58.8. The first-order valence-electron chi connectivity index (χ1n) is 25.1. The molecule has 0 aromatic heterocycles.